The normalized spacial score (nSPS) is 11.3. The molecule has 0 saturated heterocycles. The molecule has 2 heterocycles. The standard InChI is InChI=1S/C20H14N2OS/c23-20(19-7-3-5-15-4-1-2-6-18(15)19)9-8-17-12-16(13-24-17)22-11-10-21-14-22/h1-14H/b9-8+. The van der Waals surface area contributed by atoms with Crippen LogP contribution in [0.15, 0.2) is 78.7 Å². The van der Waals surface area contributed by atoms with E-state index in [1.165, 1.54) is 0 Å². The van der Waals surface area contributed by atoms with Gasteiger partial charge in [0.15, 0.2) is 5.78 Å². The Morgan fingerprint density at radius 3 is 2.88 bits per heavy atom. The van der Waals surface area contributed by atoms with Crippen molar-refractivity contribution in [3.63, 3.8) is 0 Å². The smallest absolute Gasteiger partial charge is 0.186 e. The molecule has 0 aliphatic rings. The van der Waals surface area contributed by atoms with Crippen LogP contribution >= 0.6 is 11.3 Å². The first-order valence-electron chi connectivity index (χ1n) is 7.58. The Hall–Kier alpha value is -2.98. The Morgan fingerprint density at radius 1 is 1.12 bits per heavy atom. The SMILES string of the molecule is O=C(/C=C/c1cc(-n2ccnc2)cs1)c1cccc2ccccc12. The maximum atomic E-state index is 12.6. The van der Waals surface area contributed by atoms with E-state index in [4.69, 9.17) is 0 Å². The van der Waals surface area contributed by atoms with Gasteiger partial charge in [-0.1, -0.05) is 42.5 Å². The highest BCUT2D eigenvalue weighted by atomic mass is 32.1. The summed E-state index contributed by atoms with van der Waals surface area (Å²) < 4.78 is 1.94. The Labute approximate surface area is 143 Å². The molecule has 0 amide bonds. The lowest BCUT2D eigenvalue weighted by atomic mass is 10.0. The second-order valence-corrected chi connectivity index (χ2v) is 6.34. The third kappa shape index (κ3) is 2.79. The third-order valence-electron chi connectivity index (χ3n) is 3.86. The van der Waals surface area contributed by atoms with E-state index in [2.05, 4.69) is 4.98 Å². The third-order valence-corrected chi connectivity index (χ3v) is 4.75. The predicted octanol–water partition coefficient (Wildman–Crippen LogP) is 4.98. The van der Waals surface area contributed by atoms with Crippen LogP contribution < -0.4 is 0 Å². The molecule has 4 heteroatoms. The molecular weight excluding hydrogens is 316 g/mol. The number of aromatic nitrogens is 2. The number of thiophene rings is 1. The van der Waals surface area contributed by atoms with Gasteiger partial charge in [0, 0.05) is 28.2 Å². The molecule has 0 aliphatic carbocycles. The average Bonchev–Trinajstić information content (AvgIpc) is 3.30. The second-order valence-electron chi connectivity index (χ2n) is 5.40. The van der Waals surface area contributed by atoms with Gasteiger partial charge in [-0.2, -0.15) is 0 Å². The number of carbonyl (C=O) groups is 1. The number of carbonyl (C=O) groups excluding carboxylic acids is 1. The fourth-order valence-electron chi connectivity index (χ4n) is 2.66. The van der Waals surface area contributed by atoms with Crippen LogP contribution in [0.5, 0.6) is 0 Å². The van der Waals surface area contributed by atoms with Gasteiger partial charge in [0.05, 0.1) is 12.0 Å². The number of rotatable bonds is 4. The molecule has 0 spiro atoms. The van der Waals surface area contributed by atoms with E-state index in [1.54, 1.807) is 29.9 Å². The van der Waals surface area contributed by atoms with Crippen LogP contribution in [0.2, 0.25) is 0 Å². The van der Waals surface area contributed by atoms with Crippen molar-refractivity contribution in [3.05, 3.63) is 89.1 Å². The number of hydrogen-bond donors (Lipinski definition) is 0. The molecule has 2 aromatic carbocycles. The van der Waals surface area contributed by atoms with Gasteiger partial charge in [-0.15, -0.1) is 11.3 Å². The van der Waals surface area contributed by atoms with E-state index in [1.807, 2.05) is 70.8 Å². The van der Waals surface area contributed by atoms with Crippen molar-refractivity contribution in [2.45, 2.75) is 0 Å². The van der Waals surface area contributed by atoms with Crippen molar-refractivity contribution in [1.82, 2.24) is 9.55 Å². The number of nitrogens with zero attached hydrogens (tertiary/aromatic N) is 2. The summed E-state index contributed by atoms with van der Waals surface area (Å²) in [6.45, 7) is 0. The summed E-state index contributed by atoms with van der Waals surface area (Å²) in [5.74, 6) is 0.0179. The molecule has 0 aliphatic heterocycles. The fourth-order valence-corrected chi connectivity index (χ4v) is 3.45. The van der Waals surface area contributed by atoms with Crippen LogP contribution in [0.25, 0.3) is 22.5 Å². The van der Waals surface area contributed by atoms with E-state index < -0.39 is 0 Å². The van der Waals surface area contributed by atoms with Gasteiger partial charge in [-0.25, -0.2) is 4.98 Å². The first-order chi connectivity index (χ1) is 11.8. The highest BCUT2D eigenvalue weighted by Crippen LogP contribution is 2.22. The topological polar surface area (TPSA) is 34.9 Å². The summed E-state index contributed by atoms with van der Waals surface area (Å²) in [6.07, 6.45) is 8.92. The van der Waals surface area contributed by atoms with Gasteiger partial charge < -0.3 is 4.57 Å². The number of fused-ring (bicyclic) bond motifs is 1. The molecule has 4 aromatic rings. The van der Waals surface area contributed by atoms with Crippen molar-refractivity contribution in [2.24, 2.45) is 0 Å². The Balaban J connectivity index is 1.60. The molecule has 4 rings (SSSR count). The van der Waals surface area contributed by atoms with Crippen molar-refractivity contribution in [1.29, 1.82) is 0 Å². The Morgan fingerprint density at radius 2 is 2.00 bits per heavy atom. The molecule has 0 radical (unpaired) electrons. The molecule has 2 aromatic heterocycles. The van der Waals surface area contributed by atoms with Crippen molar-refractivity contribution < 1.29 is 4.79 Å². The van der Waals surface area contributed by atoms with Crippen molar-refractivity contribution in [2.75, 3.05) is 0 Å². The van der Waals surface area contributed by atoms with Crippen molar-refractivity contribution in [3.8, 4) is 5.69 Å². The lowest BCUT2D eigenvalue weighted by molar-refractivity contribution is 0.104. The molecule has 0 bridgehead atoms. The number of benzene rings is 2. The maximum Gasteiger partial charge on any atom is 0.186 e. The summed E-state index contributed by atoms with van der Waals surface area (Å²) >= 11 is 1.60. The van der Waals surface area contributed by atoms with E-state index in [9.17, 15) is 4.79 Å². The minimum atomic E-state index is 0.0179. The molecule has 24 heavy (non-hydrogen) atoms. The quantitative estimate of drug-likeness (QED) is 0.390. The summed E-state index contributed by atoms with van der Waals surface area (Å²) in [4.78, 5) is 17.7. The highest BCUT2D eigenvalue weighted by molar-refractivity contribution is 7.11. The van der Waals surface area contributed by atoms with Gasteiger partial charge in [0.25, 0.3) is 0 Å². The van der Waals surface area contributed by atoms with Crippen LogP contribution in [0.3, 0.4) is 0 Å². The van der Waals surface area contributed by atoms with Gasteiger partial charge in [0.2, 0.25) is 0 Å². The summed E-state index contributed by atoms with van der Waals surface area (Å²) in [5, 5.41) is 4.11. The van der Waals surface area contributed by atoms with E-state index >= 15 is 0 Å². The zero-order valence-corrected chi connectivity index (χ0v) is 13.6. The first kappa shape index (κ1) is 14.6. The Kier molecular flexibility index (Phi) is 3.81. The lowest BCUT2D eigenvalue weighted by Crippen LogP contribution is -1.95. The average molecular weight is 330 g/mol. The number of imidazole rings is 1. The molecule has 0 atom stereocenters. The van der Waals surface area contributed by atoms with Crippen LogP contribution in [-0.4, -0.2) is 15.3 Å². The molecule has 0 saturated carbocycles. The molecule has 116 valence electrons. The molecule has 0 N–H and O–H groups in total. The Bertz CT molecular complexity index is 1020. The zero-order chi connectivity index (χ0) is 16.4. The summed E-state index contributed by atoms with van der Waals surface area (Å²) in [7, 11) is 0. The van der Waals surface area contributed by atoms with Crippen LogP contribution in [0, 0.1) is 0 Å². The highest BCUT2D eigenvalue weighted by Gasteiger charge is 2.07. The summed E-state index contributed by atoms with van der Waals surface area (Å²) in [6, 6.07) is 15.8. The lowest BCUT2D eigenvalue weighted by Gasteiger charge is -2.02. The van der Waals surface area contributed by atoms with Crippen LogP contribution in [-0.2, 0) is 0 Å². The van der Waals surface area contributed by atoms with Gasteiger partial charge >= 0.3 is 0 Å². The van der Waals surface area contributed by atoms with Crippen LogP contribution in [0.1, 0.15) is 15.2 Å². The summed E-state index contributed by atoms with van der Waals surface area (Å²) in [5.41, 5.74) is 1.78. The van der Waals surface area contributed by atoms with E-state index in [0.717, 1.165) is 26.9 Å². The molecule has 3 nitrogen and oxygen atoms in total. The van der Waals surface area contributed by atoms with Crippen LogP contribution in [0.4, 0.5) is 0 Å². The van der Waals surface area contributed by atoms with Gasteiger partial charge in [-0.05, 0) is 29.0 Å². The number of allylic oxidation sites excluding steroid dienone is 1. The molecular formula is C20H14N2OS. The van der Waals surface area contributed by atoms with Crippen molar-refractivity contribution >= 4 is 34.0 Å². The van der Waals surface area contributed by atoms with Gasteiger partial charge in [-0.3, -0.25) is 4.79 Å². The second kappa shape index (κ2) is 6.26. The van der Waals surface area contributed by atoms with E-state index in [0.29, 0.717) is 0 Å². The maximum absolute atomic E-state index is 12.6. The number of ketones is 1. The van der Waals surface area contributed by atoms with E-state index in [-0.39, 0.29) is 5.78 Å². The molecule has 0 fully saturated rings. The monoisotopic (exact) mass is 330 g/mol. The number of hydrogen-bond acceptors (Lipinski definition) is 3. The zero-order valence-electron chi connectivity index (χ0n) is 12.8. The van der Waals surface area contributed by atoms with Gasteiger partial charge in [0.1, 0.15) is 0 Å². The minimum absolute atomic E-state index is 0.0179. The minimum Gasteiger partial charge on any atom is -0.305 e. The molecule has 0 unspecified atom stereocenters. The largest absolute Gasteiger partial charge is 0.305 e. The predicted molar refractivity (Wildman–Crippen MR) is 98.8 cm³/mol. The fraction of sp³-hybridized carbons (Fsp3) is 0. The first-order valence-corrected chi connectivity index (χ1v) is 8.46.